The van der Waals surface area contributed by atoms with Crippen LogP contribution in [0.2, 0.25) is 0 Å². The topological polar surface area (TPSA) is 293 Å². The van der Waals surface area contributed by atoms with E-state index in [1.54, 1.807) is 94.9 Å². The molecule has 6 rings (SSSR count). The summed E-state index contributed by atoms with van der Waals surface area (Å²) in [5.41, 5.74) is 16.3. The van der Waals surface area contributed by atoms with E-state index in [-0.39, 0.29) is 18.4 Å². The second-order valence-electron chi connectivity index (χ2n) is 18.5. The summed E-state index contributed by atoms with van der Waals surface area (Å²) in [5, 5.41) is 11.1. The van der Waals surface area contributed by atoms with Crippen LogP contribution in [0.25, 0.3) is 0 Å². The first-order chi connectivity index (χ1) is 39.4. The van der Waals surface area contributed by atoms with Crippen LogP contribution >= 0.6 is 11.8 Å². The van der Waals surface area contributed by atoms with E-state index in [4.69, 9.17) is 28.5 Å². The van der Waals surface area contributed by atoms with Gasteiger partial charge in [-0.1, -0.05) is 0 Å². The van der Waals surface area contributed by atoms with Crippen LogP contribution in [0, 0.1) is 0 Å². The van der Waals surface area contributed by atoms with E-state index in [0.717, 1.165) is 50.6 Å². The van der Waals surface area contributed by atoms with E-state index in [1.807, 2.05) is 25.3 Å². The van der Waals surface area contributed by atoms with Crippen molar-refractivity contribution < 1.29 is 66.4 Å². The summed E-state index contributed by atoms with van der Waals surface area (Å²) in [6.45, 7) is 13.4. The monoisotopic (exact) mass is 1140 g/mol. The molecular formula is C54H76N14O12S+2. The minimum Gasteiger partial charge on any atom is -0.494 e. The fourth-order valence-electron chi connectivity index (χ4n) is 8.03. The molecular weight excluding hydrogens is 1070 g/mol. The Labute approximate surface area is 475 Å². The molecule has 4 aromatic rings. The van der Waals surface area contributed by atoms with Gasteiger partial charge >= 0.3 is 23.6 Å². The number of anilines is 3. The zero-order chi connectivity index (χ0) is 57.6. The minimum absolute atomic E-state index is 0.225. The summed E-state index contributed by atoms with van der Waals surface area (Å²) in [5.74, 6) is -1.59. The number of carbonyl (C=O) groups excluding carboxylic acids is 6. The molecule has 438 valence electrons. The number of aliphatic imine (C=N–C) groups is 1. The predicted octanol–water partition coefficient (Wildman–Crippen LogP) is 1.12. The number of hydrogen-bond acceptors (Lipinski definition) is 19. The van der Waals surface area contributed by atoms with E-state index >= 15 is 0 Å². The summed E-state index contributed by atoms with van der Waals surface area (Å²) in [4.78, 5) is 90.3. The Balaban J connectivity index is 0.814. The van der Waals surface area contributed by atoms with E-state index < -0.39 is 35.9 Å². The molecule has 0 radical (unpaired) electrons. The number of thioether (sulfide) groups is 1. The lowest BCUT2D eigenvalue weighted by Crippen LogP contribution is -2.44. The maximum atomic E-state index is 13.3. The minimum atomic E-state index is -0.852. The first-order valence-corrected chi connectivity index (χ1v) is 27.9. The quantitative estimate of drug-likeness (QED) is 0.00852. The van der Waals surface area contributed by atoms with Crippen molar-refractivity contribution in [2.45, 2.75) is 45.6 Å². The first-order valence-electron chi connectivity index (χ1n) is 26.7. The Morgan fingerprint density at radius 1 is 0.691 bits per heavy atom. The summed E-state index contributed by atoms with van der Waals surface area (Å²) >= 11 is 1.65. The Kier molecular flexibility index (Phi) is 26.6. The molecule has 2 atom stereocenters. The molecule has 0 aliphatic carbocycles. The van der Waals surface area contributed by atoms with Crippen molar-refractivity contribution >= 4 is 76.4 Å². The molecule has 2 aliphatic heterocycles. The number of rotatable bonds is 31. The number of amides is 6. The van der Waals surface area contributed by atoms with Crippen LogP contribution in [-0.4, -0.2) is 169 Å². The largest absolute Gasteiger partial charge is 0.494 e. The van der Waals surface area contributed by atoms with Gasteiger partial charge in [-0.2, -0.15) is 20.9 Å². The smallest absolute Gasteiger partial charge is 0.327 e. The third-order valence-corrected chi connectivity index (χ3v) is 13.6. The Hall–Kier alpha value is -7.66. The van der Waals surface area contributed by atoms with Gasteiger partial charge in [0.25, 0.3) is 18.0 Å². The van der Waals surface area contributed by atoms with Gasteiger partial charge in [0.05, 0.1) is 64.3 Å². The van der Waals surface area contributed by atoms with E-state index in [2.05, 4.69) is 63.2 Å². The highest BCUT2D eigenvalue weighted by atomic mass is 32.2. The van der Waals surface area contributed by atoms with Crippen LogP contribution in [0.1, 0.15) is 54.9 Å². The standard InChI is InChI=1S/C54H74N14O12S/c1-39(49(69)60-44-12-14-46(48(34-44)76-4)62-64-54(74)52(72)56-16-8-20-66-25-29-78-30-26-66)67-21-5-9-41(35-67)37-80-59-18-32-81-31-17-57-50(70)42-10-6-22-68(36-42)40(2)79-38-58-43-11-13-45(47(33-43)75-3)61-63-53(73)51(71)55-15-7-19-65-23-27-77-28-24-65/h5-6,9-14,21-22,33-36,38-40,59H,7-8,15-20,23-32,37H2,1-4H3,(H6-2,55,56,57,60,61,62,63,64,69,70,71,72,73,74)/p+2. The number of carbonyl (C=O) groups is 6. The van der Waals surface area contributed by atoms with Crippen molar-refractivity contribution in [3.8, 4) is 11.5 Å². The number of hydrogen-bond donors (Lipinski definition) is 9. The highest BCUT2D eigenvalue weighted by molar-refractivity contribution is 7.99. The first kappa shape index (κ1) is 62.5. The summed E-state index contributed by atoms with van der Waals surface area (Å²) in [6.07, 6.45) is 9.32. The van der Waals surface area contributed by atoms with Gasteiger partial charge in [-0.3, -0.25) is 65.1 Å². The molecule has 6 amide bonds. The number of benzene rings is 2. The molecule has 2 aromatic heterocycles. The Morgan fingerprint density at radius 3 is 1.93 bits per heavy atom. The third-order valence-electron chi connectivity index (χ3n) is 12.7. The van der Waals surface area contributed by atoms with Crippen molar-refractivity contribution in [3.63, 3.8) is 0 Å². The van der Waals surface area contributed by atoms with Crippen molar-refractivity contribution in [2.24, 2.45) is 4.99 Å². The van der Waals surface area contributed by atoms with Gasteiger partial charge in [-0.15, -0.1) is 0 Å². The van der Waals surface area contributed by atoms with Gasteiger partial charge in [0.1, 0.15) is 17.1 Å². The molecule has 27 heteroatoms. The lowest BCUT2D eigenvalue weighted by molar-refractivity contribution is -0.751. The van der Waals surface area contributed by atoms with Crippen LogP contribution in [-0.2, 0) is 49.6 Å². The van der Waals surface area contributed by atoms with Crippen molar-refractivity contribution in [1.29, 1.82) is 0 Å². The van der Waals surface area contributed by atoms with Gasteiger partial charge in [-0.05, 0) is 62.3 Å². The molecule has 4 heterocycles. The summed E-state index contributed by atoms with van der Waals surface area (Å²) < 4.78 is 31.0. The predicted molar refractivity (Wildman–Crippen MR) is 302 cm³/mol. The van der Waals surface area contributed by atoms with E-state index in [9.17, 15) is 28.8 Å². The van der Waals surface area contributed by atoms with Gasteiger partial charge < -0.3 is 45.0 Å². The molecule has 9 N–H and O–H groups in total. The molecule has 0 spiro atoms. The number of morpholine rings is 2. The van der Waals surface area contributed by atoms with Crippen LogP contribution in [0.15, 0.2) is 90.4 Å². The highest BCUT2D eigenvalue weighted by Crippen LogP contribution is 2.29. The third kappa shape index (κ3) is 21.7. The molecule has 0 saturated carbocycles. The Morgan fingerprint density at radius 2 is 1.28 bits per heavy atom. The maximum Gasteiger partial charge on any atom is 0.327 e. The van der Waals surface area contributed by atoms with Gasteiger partial charge in [0, 0.05) is 113 Å². The second kappa shape index (κ2) is 34.5. The Bertz CT molecular complexity index is 2710. The molecule has 2 unspecified atom stereocenters. The zero-order valence-electron chi connectivity index (χ0n) is 46.3. The SMILES string of the molecule is COc1cc(N=COC(C)[n+]2cccc(C(=O)NCCSCCNOCc3ccc[n+](C(C)C(=O)Nc4ccc(NNC(=O)C(=O)NCCCN5CCOCC5)c(OC)c4)c3)c2)ccc1NNC(=O)C(=O)NCCCN1CCOCC1. The van der Waals surface area contributed by atoms with Crippen molar-refractivity contribution in [1.82, 2.24) is 42.1 Å². The number of nitrogens with zero attached hydrogens (tertiary/aromatic N) is 5. The van der Waals surface area contributed by atoms with E-state index in [1.165, 1.54) is 20.6 Å². The molecule has 0 bridgehead atoms. The lowest BCUT2D eigenvalue weighted by atomic mass is 10.2. The van der Waals surface area contributed by atoms with Crippen LogP contribution in [0.3, 0.4) is 0 Å². The fraction of sp³-hybridized carbons (Fsp3) is 0.463. The zero-order valence-corrected chi connectivity index (χ0v) is 47.1. The van der Waals surface area contributed by atoms with Crippen molar-refractivity contribution in [3.05, 3.63) is 96.6 Å². The molecule has 2 aliphatic rings. The molecule has 81 heavy (non-hydrogen) atoms. The lowest BCUT2D eigenvalue weighted by Gasteiger charge is -2.26. The highest BCUT2D eigenvalue weighted by Gasteiger charge is 2.24. The average Bonchev–Trinajstić information content (AvgIpc) is 3.53. The summed E-state index contributed by atoms with van der Waals surface area (Å²) in [6, 6.07) is 16.5. The molecule has 2 aromatic carbocycles. The van der Waals surface area contributed by atoms with Gasteiger partial charge in [-0.25, -0.2) is 10.5 Å². The number of nitrogens with one attached hydrogen (secondary N) is 9. The number of ether oxygens (including phenoxy) is 5. The second-order valence-corrected chi connectivity index (χ2v) is 19.7. The average molecular weight is 1150 g/mol. The number of aromatic nitrogens is 2. The molecule has 2 fully saturated rings. The van der Waals surface area contributed by atoms with Crippen molar-refractivity contribution in [2.75, 3.05) is 134 Å². The number of pyridine rings is 2. The van der Waals surface area contributed by atoms with E-state index in [0.29, 0.717) is 111 Å². The van der Waals surface area contributed by atoms with Crippen LogP contribution in [0.5, 0.6) is 11.5 Å². The number of hydroxylamine groups is 1. The molecule has 26 nitrogen and oxygen atoms in total. The molecule has 2 saturated heterocycles. The maximum absolute atomic E-state index is 13.3. The normalized spacial score (nSPS) is 14.4. The fourth-order valence-corrected chi connectivity index (χ4v) is 8.71. The van der Waals surface area contributed by atoms with Gasteiger partial charge in [0.15, 0.2) is 31.2 Å². The van der Waals surface area contributed by atoms with Gasteiger partial charge in [0.2, 0.25) is 6.04 Å². The number of methoxy groups -OCH3 is 2. The van der Waals surface area contributed by atoms with Crippen LogP contribution < -0.4 is 67.1 Å². The van der Waals surface area contributed by atoms with Crippen LogP contribution in [0.4, 0.5) is 22.7 Å². The number of hydrazine groups is 2. The summed E-state index contributed by atoms with van der Waals surface area (Å²) in [7, 11) is 2.92.